The molecule has 0 bridgehead atoms. The Kier molecular flexibility index (Phi) is 4.26. The van der Waals surface area contributed by atoms with Crippen molar-refractivity contribution in [3.05, 3.63) is 29.8 Å². The van der Waals surface area contributed by atoms with Gasteiger partial charge in [-0.3, -0.25) is 0 Å². The molecule has 1 N–H and O–H groups in total. The monoisotopic (exact) mass is 316 g/mol. The van der Waals surface area contributed by atoms with Crippen molar-refractivity contribution < 1.29 is 22.7 Å². The highest BCUT2D eigenvalue weighted by molar-refractivity contribution is 5.75. The van der Waals surface area contributed by atoms with Crippen LogP contribution in [0.3, 0.4) is 0 Å². The molecule has 1 aliphatic heterocycles. The Hall–Kier alpha value is -1.92. The van der Waals surface area contributed by atoms with E-state index in [4.69, 9.17) is 4.74 Å². The molecular weight excluding hydrogens is 297 g/mol. The van der Waals surface area contributed by atoms with Gasteiger partial charge in [-0.2, -0.15) is 13.2 Å². The molecule has 1 aromatic rings. The van der Waals surface area contributed by atoms with Crippen LogP contribution >= 0.6 is 0 Å². The lowest BCUT2D eigenvalue weighted by Crippen LogP contribution is -2.61. The molecule has 1 aromatic carbocycles. The van der Waals surface area contributed by atoms with Crippen LogP contribution in [0.2, 0.25) is 0 Å². The first-order valence-corrected chi connectivity index (χ1v) is 6.95. The average molecular weight is 316 g/mol. The lowest BCUT2D eigenvalue weighted by molar-refractivity contribution is -0.137. The first-order valence-electron chi connectivity index (χ1n) is 6.95. The third-order valence-corrected chi connectivity index (χ3v) is 3.10. The maximum Gasteiger partial charge on any atom is 0.416 e. The largest absolute Gasteiger partial charge is 0.487 e. The van der Waals surface area contributed by atoms with E-state index < -0.39 is 11.7 Å². The summed E-state index contributed by atoms with van der Waals surface area (Å²) in [6, 6.07) is 4.39. The molecule has 7 heteroatoms. The topological polar surface area (TPSA) is 41.6 Å². The molecule has 0 aromatic heterocycles. The third kappa shape index (κ3) is 4.29. The lowest BCUT2D eigenvalue weighted by Gasteiger charge is -2.40. The molecular formula is C15H19F3N2O2. The van der Waals surface area contributed by atoms with E-state index in [9.17, 15) is 18.0 Å². The Labute approximate surface area is 127 Å². The van der Waals surface area contributed by atoms with Crippen molar-refractivity contribution in [3.63, 3.8) is 0 Å². The molecule has 1 saturated heterocycles. The van der Waals surface area contributed by atoms with Gasteiger partial charge in [-0.05, 0) is 45.0 Å². The zero-order valence-electron chi connectivity index (χ0n) is 12.7. The number of hydrogen-bond acceptors (Lipinski definition) is 2. The van der Waals surface area contributed by atoms with E-state index in [1.807, 2.05) is 20.8 Å². The van der Waals surface area contributed by atoms with Crippen LogP contribution in [0.25, 0.3) is 0 Å². The molecule has 0 radical (unpaired) electrons. The van der Waals surface area contributed by atoms with Gasteiger partial charge in [0.05, 0.1) is 18.7 Å². The molecule has 22 heavy (non-hydrogen) atoms. The van der Waals surface area contributed by atoms with Gasteiger partial charge in [0.15, 0.2) is 0 Å². The fraction of sp³-hybridized carbons (Fsp3) is 0.533. The maximum atomic E-state index is 12.4. The number of halogens is 3. The molecule has 4 nitrogen and oxygen atoms in total. The molecule has 1 aliphatic rings. The van der Waals surface area contributed by atoms with Gasteiger partial charge in [-0.1, -0.05) is 0 Å². The summed E-state index contributed by atoms with van der Waals surface area (Å²) < 4.78 is 42.9. The van der Waals surface area contributed by atoms with Crippen LogP contribution < -0.4 is 10.1 Å². The molecule has 2 rings (SSSR count). The number of urea groups is 1. The van der Waals surface area contributed by atoms with Crippen LogP contribution in [-0.2, 0) is 6.18 Å². The number of alkyl halides is 3. The number of carbonyl (C=O) groups is 1. The molecule has 0 aliphatic carbocycles. The highest BCUT2D eigenvalue weighted by atomic mass is 19.4. The Morgan fingerprint density at radius 1 is 1.18 bits per heavy atom. The summed E-state index contributed by atoms with van der Waals surface area (Å²) in [7, 11) is 0. The van der Waals surface area contributed by atoms with Crippen LogP contribution in [-0.4, -0.2) is 35.7 Å². The van der Waals surface area contributed by atoms with Crippen LogP contribution in [0.15, 0.2) is 24.3 Å². The standard InChI is InChI=1S/C15H19F3N2O2/c1-14(2,3)19-13(21)20-8-12(9-20)22-11-6-4-10(5-7-11)15(16,17)18/h4-7,12H,8-9H2,1-3H3,(H,19,21). The number of amides is 2. The molecule has 0 saturated carbocycles. The Balaban J connectivity index is 1.82. The predicted octanol–water partition coefficient (Wildman–Crippen LogP) is 3.28. The van der Waals surface area contributed by atoms with Gasteiger partial charge in [0.25, 0.3) is 0 Å². The van der Waals surface area contributed by atoms with Crippen LogP contribution in [0.5, 0.6) is 5.75 Å². The van der Waals surface area contributed by atoms with Crippen LogP contribution in [0.1, 0.15) is 26.3 Å². The van der Waals surface area contributed by atoms with Gasteiger partial charge in [0, 0.05) is 5.54 Å². The highest BCUT2D eigenvalue weighted by Gasteiger charge is 2.34. The number of nitrogens with one attached hydrogen (secondary N) is 1. The van der Waals surface area contributed by atoms with Gasteiger partial charge >= 0.3 is 12.2 Å². The van der Waals surface area contributed by atoms with Gasteiger partial charge in [0.1, 0.15) is 11.9 Å². The molecule has 122 valence electrons. The van der Waals surface area contributed by atoms with Crippen LogP contribution in [0, 0.1) is 0 Å². The summed E-state index contributed by atoms with van der Waals surface area (Å²) in [5.41, 5.74) is -1.02. The van der Waals surface area contributed by atoms with Gasteiger partial charge in [-0.25, -0.2) is 4.79 Å². The SMILES string of the molecule is CC(C)(C)NC(=O)N1CC(Oc2ccc(C(F)(F)F)cc2)C1. The summed E-state index contributed by atoms with van der Waals surface area (Å²) >= 11 is 0. The van der Waals surface area contributed by atoms with E-state index >= 15 is 0 Å². The predicted molar refractivity (Wildman–Crippen MR) is 75.7 cm³/mol. The van der Waals surface area contributed by atoms with Crippen LogP contribution in [0.4, 0.5) is 18.0 Å². The summed E-state index contributed by atoms with van der Waals surface area (Å²) in [5, 5.41) is 2.84. The smallest absolute Gasteiger partial charge is 0.416 e. The first-order chi connectivity index (χ1) is 10.0. The molecule has 2 amide bonds. The third-order valence-electron chi connectivity index (χ3n) is 3.10. The van der Waals surface area contributed by atoms with Gasteiger partial charge < -0.3 is 15.0 Å². The zero-order chi connectivity index (χ0) is 16.5. The quantitative estimate of drug-likeness (QED) is 0.910. The minimum absolute atomic E-state index is 0.167. The van der Waals surface area contributed by atoms with Crippen molar-refractivity contribution >= 4 is 6.03 Å². The van der Waals surface area contributed by atoms with Crippen molar-refractivity contribution in [3.8, 4) is 5.75 Å². The second kappa shape index (κ2) is 5.70. The normalized spacial score (nSPS) is 16.2. The lowest BCUT2D eigenvalue weighted by atomic mass is 10.1. The number of benzene rings is 1. The summed E-state index contributed by atoms with van der Waals surface area (Å²) in [4.78, 5) is 13.4. The van der Waals surface area contributed by atoms with Crippen molar-refractivity contribution in [2.75, 3.05) is 13.1 Å². The van der Waals surface area contributed by atoms with Crippen molar-refractivity contribution in [1.29, 1.82) is 0 Å². The number of ether oxygens (including phenoxy) is 1. The Morgan fingerprint density at radius 2 is 1.73 bits per heavy atom. The highest BCUT2D eigenvalue weighted by Crippen LogP contribution is 2.30. The van der Waals surface area contributed by atoms with Crippen molar-refractivity contribution in [2.24, 2.45) is 0 Å². The minimum atomic E-state index is -4.35. The van der Waals surface area contributed by atoms with E-state index in [1.54, 1.807) is 4.90 Å². The molecule has 0 spiro atoms. The zero-order valence-corrected chi connectivity index (χ0v) is 12.7. The fourth-order valence-electron chi connectivity index (χ4n) is 1.99. The van der Waals surface area contributed by atoms with E-state index in [0.29, 0.717) is 18.8 Å². The van der Waals surface area contributed by atoms with Crippen molar-refractivity contribution in [1.82, 2.24) is 10.2 Å². The van der Waals surface area contributed by atoms with Crippen molar-refractivity contribution in [2.45, 2.75) is 38.6 Å². The van der Waals surface area contributed by atoms with E-state index in [1.165, 1.54) is 12.1 Å². The number of likely N-dealkylation sites (tertiary alicyclic amines) is 1. The van der Waals surface area contributed by atoms with E-state index in [2.05, 4.69) is 5.32 Å². The number of carbonyl (C=O) groups excluding carboxylic acids is 1. The average Bonchev–Trinajstić information content (AvgIpc) is 2.30. The minimum Gasteiger partial charge on any atom is -0.487 e. The number of rotatable bonds is 2. The molecule has 1 fully saturated rings. The fourth-order valence-corrected chi connectivity index (χ4v) is 1.99. The van der Waals surface area contributed by atoms with E-state index in [-0.39, 0.29) is 17.7 Å². The number of nitrogens with zero attached hydrogens (tertiary/aromatic N) is 1. The second-order valence-corrected chi connectivity index (χ2v) is 6.35. The Bertz CT molecular complexity index is 529. The van der Waals surface area contributed by atoms with E-state index in [0.717, 1.165) is 12.1 Å². The molecule has 1 heterocycles. The Morgan fingerprint density at radius 3 is 2.18 bits per heavy atom. The summed E-state index contributed by atoms with van der Waals surface area (Å²) in [6.45, 7) is 6.51. The maximum absolute atomic E-state index is 12.4. The van der Waals surface area contributed by atoms with Gasteiger partial charge in [-0.15, -0.1) is 0 Å². The molecule has 0 unspecified atom stereocenters. The number of hydrogen-bond donors (Lipinski definition) is 1. The summed E-state index contributed by atoms with van der Waals surface area (Å²) in [5.74, 6) is 0.369. The van der Waals surface area contributed by atoms with Gasteiger partial charge in [0.2, 0.25) is 0 Å². The first kappa shape index (κ1) is 16.5. The second-order valence-electron chi connectivity index (χ2n) is 6.35. The molecule has 0 atom stereocenters. The summed E-state index contributed by atoms with van der Waals surface area (Å²) in [6.07, 6.45) is -4.54.